The Morgan fingerprint density at radius 1 is 1.36 bits per heavy atom. The predicted molar refractivity (Wildman–Crippen MR) is 93.0 cm³/mol. The fourth-order valence-corrected chi connectivity index (χ4v) is 3.49. The van der Waals surface area contributed by atoms with Crippen molar-refractivity contribution in [1.82, 2.24) is 9.62 Å². The number of halogens is 1. The highest BCUT2D eigenvalue weighted by Crippen LogP contribution is 2.28. The number of hydrogen-bond acceptors (Lipinski definition) is 5. The zero-order chi connectivity index (χ0) is 18.4. The van der Waals surface area contributed by atoms with Gasteiger partial charge in [0.25, 0.3) is 0 Å². The molecule has 25 heavy (non-hydrogen) atoms. The fourth-order valence-electron chi connectivity index (χ4n) is 2.04. The maximum Gasteiger partial charge on any atom is 0.243 e. The summed E-state index contributed by atoms with van der Waals surface area (Å²) < 4.78 is 36.4. The van der Waals surface area contributed by atoms with Gasteiger partial charge in [0.05, 0.1) is 35.9 Å². The van der Waals surface area contributed by atoms with Crippen LogP contribution in [-0.4, -0.2) is 38.8 Å². The number of nitrogens with zero attached hydrogens (tertiary/aromatic N) is 1. The van der Waals surface area contributed by atoms with Gasteiger partial charge in [0.1, 0.15) is 11.5 Å². The number of carbonyl (C=O) groups is 1. The summed E-state index contributed by atoms with van der Waals surface area (Å²) in [4.78, 5) is 11.9. The van der Waals surface area contributed by atoms with Crippen LogP contribution in [0.1, 0.15) is 12.7 Å². The molecule has 0 saturated heterocycles. The number of nitrogens with one attached hydrogen (secondary N) is 1. The van der Waals surface area contributed by atoms with Crippen LogP contribution >= 0.6 is 11.6 Å². The van der Waals surface area contributed by atoms with E-state index in [9.17, 15) is 13.2 Å². The molecule has 1 aromatic carbocycles. The third-order valence-corrected chi connectivity index (χ3v) is 5.41. The monoisotopic (exact) mass is 386 g/mol. The first-order valence-electron chi connectivity index (χ1n) is 7.52. The van der Waals surface area contributed by atoms with Crippen molar-refractivity contribution in [2.24, 2.45) is 0 Å². The van der Waals surface area contributed by atoms with Crippen LogP contribution in [0.4, 0.5) is 0 Å². The van der Waals surface area contributed by atoms with Gasteiger partial charge in [0, 0.05) is 7.05 Å². The van der Waals surface area contributed by atoms with E-state index in [-0.39, 0.29) is 23.0 Å². The van der Waals surface area contributed by atoms with Crippen molar-refractivity contribution < 1.29 is 22.4 Å². The summed E-state index contributed by atoms with van der Waals surface area (Å²) in [6.45, 7) is 2.08. The number of furan rings is 1. The summed E-state index contributed by atoms with van der Waals surface area (Å²) >= 11 is 6.03. The SMILES string of the molecule is CCOc1ccc(S(=O)(=O)N(C)CC(=O)NCc2ccco2)cc1Cl. The largest absolute Gasteiger partial charge is 0.492 e. The average Bonchev–Trinajstić information content (AvgIpc) is 3.08. The number of amides is 1. The van der Waals surface area contributed by atoms with Gasteiger partial charge in [-0.1, -0.05) is 11.6 Å². The lowest BCUT2D eigenvalue weighted by atomic mass is 10.3. The lowest BCUT2D eigenvalue weighted by Gasteiger charge is -2.17. The second-order valence-electron chi connectivity index (χ2n) is 5.14. The molecule has 0 aliphatic rings. The van der Waals surface area contributed by atoms with Crippen molar-refractivity contribution >= 4 is 27.5 Å². The number of likely N-dealkylation sites (N-methyl/N-ethyl adjacent to an activating group) is 1. The minimum Gasteiger partial charge on any atom is -0.492 e. The molecule has 1 amide bonds. The quantitative estimate of drug-likeness (QED) is 0.751. The highest BCUT2D eigenvalue weighted by molar-refractivity contribution is 7.89. The maximum absolute atomic E-state index is 12.5. The van der Waals surface area contributed by atoms with E-state index < -0.39 is 15.9 Å². The van der Waals surface area contributed by atoms with E-state index in [0.717, 1.165) is 4.31 Å². The molecule has 1 aromatic heterocycles. The van der Waals surface area contributed by atoms with E-state index >= 15 is 0 Å². The molecule has 0 fully saturated rings. The van der Waals surface area contributed by atoms with Crippen LogP contribution in [0.25, 0.3) is 0 Å². The first kappa shape index (κ1) is 19.3. The molecule has 0 radical (unpaired) electrons. The lowest BCUT2D eigenvalue weighted by molar-refractivity contribution is -0.121. The summed E-state index contributed by atoms with van der Waals surface area (Å²) in [5, 5.41) is 2.79. The Morgan fingerprint density at radius 2 is 2.12 bits per heavy atom. The number of carbonyl (C=O) groups excluding carboxylic acids is 1. The summed E-state index contributed by atoms with van der Waals surface area (Å²) in [5.41, 5.74) is 0. The average molecular weight is 387 g/mol. The minimum absolute atomic E-state index is 0.0118. The molecule has 2 aromatic rings. The van der Waals surface area contributed by atoms with Crippen molar-refractivity contribution in [3.05, 3.63) is 47.4 Å². The number of sulfonamides is 1. The van der Waals surface area contributed by atoms with E-state index in [4.69, 9.17) is 20.8 Å². The van der Waals surface area contributed by atoms with Crippen LogP contribution in [0.3, 0.4) is 0 Å². The molecule has 9 heteroatoms. The second kappa shape index (κ2) is 8.37. The standard InChI is InChI=1S/C16H19ClN2O5S/c1-3-23-15-7-6-13(9-14(15)17)25(21,22)19(2)11-16(20)18-10-12-5-4-8-24-12/h4-9H,3,10-11H2,1-2H3,(H,18,20). The van der Waals surface area contributed by atoms with Crippen molar-refractivity contribution in [2.75, 3.05) is 20.2 Å². The van der Waals surface area contributed by atoms with Gasteiger partial charge in [-0.05, 0) is 37.3 Å². The fraction of sp³-hybridized carbons (Fsp3) is 0.312. The summed E-state index contributed by atoms with van der Waals surface area (Å²) in [5.74, 6) is 0.540. The van der Waals surface area contributed by atoms with Gasteiger partial charge in [0.15, 0.2) is 0 Å². The molecule has 0 atom stereocenters. The zero-order valence-corrected chi connectivity index (χ0v) is 15.4. The molecular weight excluding hydrogens is 368 g/mol. The van der Waals surface area contributed by atoms with Gasteiger partial charge >= 0.3 is 0 Å². The van der Waals surface area contributed by atoms with Crippen LogP contribution in [-0.2, 0) is 21.4 Å². The topological polar surface area (TPSA) is 88.9 Å². The maximum atomic E-state index is 12.5. The van der Waals surface area contributed by atoms with E-state index in [0.29, 0.717) is 18.1 Å². The molecule has 0 aliphatic carbocycles. The Kier molecular flexibility index (Phi) is 6.46. The highest BCUT2D eigenvalue weighted by Gasteiger charge is 2.24. The van der Waals surface area contributed by atoms with Crippen LogP contribution < -0.4 is 10.1 Å². The van der Waals surface area contributed by atoms with E-state index in [1.807, 2.05) is 0 Å². The molecule has 0 aliphatic heterocycles. The number of hydrogen-bond donors (Lipinski definition) is 1. The molecule has 0 unspecified atom stereocenters. The van der Waals surface area contributed by atoms with Crippen LogP contribution in [0.15, 0.2) is 45.9 Å². The van der Waals surface area contributed by atoms with Crippen molar-refractivity contribution in [3.63, 3.8) is 0 Å². The minimum atomic E-state index is -3.85. The Balaban J connectivity index is 2.02. The number of benzene rings is 1. The number of rotatable bonds is 8. The van der Waals surface area contributed by atoms with Gasteiger partial charge in [-0.15, -0.1) is 0 Å². The molecular formula is C16H19ClN2O5S. The van der Waals surface area contributed by atoms with Crippen LogP contribution in [0, 0.1) is 0 Å². The van der Waals surface area contributed by atoms with Gasteiger partial charge in [-0.2, -0.15) is 4.31 Å². The Hall–Kier alpha value is -2.03. The van der Waals surface area contributed by atoms with Gasteiger partial charge in [-0.25, -0.2) is 8.42 Å². The summed E-state index contributed by atoms with van der Waals surface area (Å²) in [6.07, 6.45) is 1.49. The molecule has 0 bridgehead atoms. The zero-order valence-electron chi connectivity index (χ0n) is 13.9. The van der Waals surface area contributed by atoms with Gasteiger partial charge in [0.2, 0.25) is 15.9 Å². The molecule has 0 spiro atoms. The highest BCUT2D eigenvalue weighted by atomic mass is 35.5. The van der Waals surface area contributed by atoms with Gasteiger partial charge < -0.3 is 14.5 Å². The molecule has 0 saturated carbocycles. The van der Waals surface area contributed by atoms with Crippen LogP contribution in [0.2, 0.25) is 5.02 Å². The first-order chi connectivity index (χ1) is 11.8. The molecule has 1 heterocycles. The summed E-state index contributed by atoms with van der Waals surface area (Å²) in [7, 11) is -2.53. The normalized spacial score (nSPS) is 11.5. The number of ether oxygens (including phenoxy) is 1. The molecule has 7 nitrogen and oxygen atoms in total. The van der Waals surface area contributed by atoms with E-state index in [2.05, 4.69) is 5.32 Å². The van der Waals surface area contributed by atoms with Crippen LogP contribution in [0.5, 0.6) is 5.75 Å². The predicted octanol–water partition coefficient (Wildman–Crippen LogP) is 2.27. The summed E-state index contributed by atoms with van der Waals surface area (Å²) in [6, 6.07) is 7.60. The van der Waals surface area contributed by atoms with Gasteiger partial charge in [-0.3, -0.25) is 4.79 Å². The Labute approximate surface area is 151 Å². The van der Waals surface area contributed by atoms with Crippen molar-refractivity contribution in [1.29, 1.82) is 0 Å². The van der Waals surface area contributed by atoms with E-state index in [1.165, 1.54) is 31.5 Å². The third kappa shape index (κ3) is 4.97. The van der Waals surface area contributed by atoms with E-state index in [1.54, 1.807) is 19.1 Å². The second-order valence-corrected chi connectivity index (χ2v) is 7.59. The Morgan fingerprint density at radius 3 is 2.72 bits per heavy atom. The molecule has 1 N–H and O–H groups in total. The first-order valence-corrected chi connectivity index (χ1v) is 9.34. The molecule has 136 valence electrons. The molecule has 2 rings (SSSR count). The van der Waals surface area contributed by atoms with Crippen molar-refractivity contribution in [2.45, 2.75) is 18.4 Å². The Bertz CT molecular complexity index is 821. The third-order valence-electron chi connectivity index (χ3n) is 3.32. The smallest absolute Gasteiger partial charge is 0.243 e. The lowest BCUT2D eigenvalue weighted by Crippen LogP contribution is -2.38. The van der Waals surface area contributed by atoms with Crippen molar-refractivity contribution in [3.8, 4) is 5.75 Å².